The van der Waals surface area contributed by atoms with Gasteiger partial charge in [0.2, 0.25) is 0 Å². The number of benzene rings is 2. The third-order valence-corrected chi connectivity index (χ3v) is 3.30. The molecule has 3 rings (SSSR count). The first-order valence-electron chi connectivity index (χ1n) is 6.21. The lowest BCUT2D eigenvalue weighted by atomic mass is 10.2. The highest BCUT2D eigenvalue weighted by molar-refractivity contribution is 5.83. The molecule has 2 N–H and O–H groups in total. The van der Waals surface area contributed by atoms with Crippen molar-refractivity contribution in [2.45, 2.75) is 6.54 Å². The smallest absolute Gasteiger partial charge is 0.269 e. The van der Waals surface area contributed by atoms with Crippen LogP contribution < -0.4 is 5.73 Å². The van der Waals surface area contributed by atoms with Gasteiger partial charge in [0, 0.05) is 41.5 Å². The van der Waals surface area contributed by atoms with Gasteiger partial charge in [-0.15, -0.1) is 0 Å². The molecule has 0 unspecified atom stereocenters. The molecule has 0 amide bonds. The van der Waals surface area contributed by atoms with Crippen LogP contribution in [-0.2, 0) is 6.54 Å². The molecule has 100 valence electrons. The zero-order valence-corrected chi connectivity index (χ0v) is 10.7. The van der Waals surface area contributed by atoms with Crippen molar-refractivity contribution in [1.82, 2.24) is 4.57 Å². The second kappa shape index (κ2) is 4.70. The van der Waals surface area contributed by atoms with Gasteiger partial charge in [-0.05, 0) is 29.8 Å². The summed E-state index contributed by atoms with van der Waals surface area (Å²) in [6.07, 6.45) is 1.99. The lowest BCUT2D eigenvalue weighted by molar-refractivity contribution is -0.384. The summed E-state index contributed by atoms with van der Waals surface area (Å²) in [6.45, 7) is 0.672. The predicted molar refractivity (Wildman–Crippen MR) is 78.5 cm³/mol. The van der Waals surface area contributed by atoms with Crippen molar-refractivity contribution in [3.63, 3.8) is 0 Å². The molecule has 0 atom stereocenters. The van der Waals surface area contributed by atoms with Crippen LogP contribution in [0.3, 0.4) is 0 Å². The maximum absolute atomic E-state index is 10.6. The molecule has 0 bridgehead atoms. The number of nitrogens with zero attached hydrogens (tertiary/aromatic N) is 2. The standard InChI is InChI=1S/C15H13N3O2/c16-13-3-6-15-12(9-13)7-8-17(15)10-11-1-4-14(5-2-11)18(19)20/h1-9H,10,16H2. The quantitative estimate of drug-likeness (QED) is 0.450. The van der Waals surface area contributed by atoms with Crippen molar-refractivity contribution in [2.24, 2.45) is 0 Å². The van der Waals surface area contributed by atoms with E-state index >= 15 is 0 Å². The van der Waals surface area contributed by atoms with Gasteiger partial charge >= 0.3 is 0 Å². The number of fused-ring (bicyclic) bond motifs is 1. The summed E-state index contributed by atoms with van der Waals surface area (Å²) >= 11 is 0. The fraction of sp³-hybridized carbons (Fsp3) is 0.0667. The molecule has 0 fully saturated rings. The third-order valence-electron chi connectivity index (χ3n) is 3.30. The van der Waals surface area contributed by atoms with Crippen LogP contribution in [0.5, 0.6) is 0 Å². The Kier molecular flexibility index (Phi) is 2.87. The number of rotatable bonds is 3. The van der Waals surface area contributed by atoms with Gasteiger partial charge in [0.1, 0.15) is 0 Å². The molecule has 1 aromatic heterocycles. The second-order valence-electron chi connectivity index (χ2n) is 4.69. The molecule has 3 aromatic rings. The van der Waals surface area contributed by atoms with Crippen LogP contribution >= 0.6 is 0 Å². The van der Waals surface area contributed by atoms with Gasteiger partial charge in [-0.1, -0.05) is 12.1 Å². The minimum absolute atomic E-state index is 0.110. The zero-order chi connectivity index (χ0) is 14.1. The average molecular weight is 267 g/mol. The minimum atomic E-state index is -0.391. The van der Waals surface area contributed by atoms with E-state index in [0.29, 0.717) is 6.54 Å². The number of hydrogen-bond donors (Lipinski definition) is 1. The lowest BCUT2D eigenvalue weighted by Gasteiger charge is -2.06. The molecule has 2 aromatic carbocycles. The van der Waals surface area contributed by atoms with E-state index < -0.39 is 4.92 Å². The molecule has 20 heavy (non-hydrogen) atoms. The van der Waals surface area contributed by atoms with E-state index in [1.807, 2.05) is 30.5 Å². The van der Waals surface area contributed by atoms with Gasteiger partial charge in [0.05, 0.1) is 4.92 Å². The molecule has 0 aliphatic heterocycles. The molecular formula is C15H13N3O2. The lowest BCUT2D eigenvalue weighted by Crippen LogP contribution is -1.98. The van der Waals surface area contributed by atoms with Crippen LogP contribution in [0.2, 0.25) is 0 Å². The SMILES string of the molecule is Nc1ccc2c(ccn2Cc2ccc([N+](=O)[O-])cc2)c1. The topological polar surface area (TPSA) is 74.1 Å². The van der Waals surface area contributed by atoms with E-state index in [1.165, 1.54) is 12.1 Å². The van der Waals surface area contributed by atoms with Crippen molar-refractivity contribution in [3.8, 4) is 0 Å². The van der Waals surface area contributed by atoms with Crippen LogP contribution in [-0.4, -0.2) is 9.49 Å². The van der Waals surface area contributed by atoms with E-state index in [1.54, 1.807) is 12.1 Å². The summed E-state index contributed by atoms with van der Waals surface area (Å²) in [4.78, 5) is 10.2. The largest absolute Gasteiger partial charge is 0.399 e. The van der Waals surface area contributed by atoms with E-state index in [9.17, 15) is 10.1 Å². The average Bonchev–Trinajstić information content (AvgIpc) is 2.81. The fourth-order valence-electron chi connectivity index (χ4n) is 2.28. The maximum atomic E-state index is 10.6. The summed E-state index contributed by atoms with van der Waals surface area (Å²) in [5.41, 5.74) is 8.72. The highest BCUT2D eigenvalue weighted by atomic mass is 16.6. The van der Waals surface area contributed by atoms with Crippen LogP contribution in [0.25, 0.3) is 10.9 Å². The summed E-state index contributed by atoms with van der Waals surface area (Å²) < 4.78 is 2.09. The summed E-state index contributed by atoms with van der Waals surface area (Å²) in [6, 6.07) is 14.4. The molecule has 0 radical (unpaired) electrons. The van der Waals surface area contributed by atoms with Gasteiger partial charge in [-0.25, -0.2) is 0 Å². The first-order chi connectivity index (χ1) is 9.63. The summed E-state index contributed by atoms with van der Waals surface area (Å²) in [7, 11) is 0. The molecule has 0 aliphatic carbocycles. The Morgan fingerprint density at radius 2 is 1.85 bits per heavy atom. The van der Waals surface area contributed by atoms with Crippen LogP contribution in [0.1, 0.15) is 5.56 Å². The Morgan fingerprint density at radius 3 is 2.55 bits per heavy atom. The molecule has 0 saturated carbocycles. The van der Waals surface area contributed by atoms with Crippen LogP contribution in [0.15, 0.2) is 54.7 Å². The third kappa shape index (κ3) is 2.21. The van der Waals surface area contributed by atoms with Crippen molar-refractivity contribution < 1.29 is 4.92 Å². The minimum Gasteiger partial charge on any atom is -0.399 e. The maximum Gasteiger partial charge on any atom is 0.269 e. The molecule has 0 aliphatic rings. The number of aromatic nitrogens is 1. The summed E-state index contributed by atoms with van der Waals surface area (Å²) in [5, 5.41) is 11.7. The number of non-ortho nitro benzene ring substituents is 1. The number of hydrogen-bond acceptors (Lipinski definition) is 3. The molecule has 5 heteroatoms. The van der Waals surface area contributed by atoms with Crippen LogP contribution in [0, 0.1) is 10.1 Å². The Morgan fingerprint density at radius 1 is 1.10 bits per heavy atom. The number of anilines is 1. The summed E-state index contributed by atoms with van der Waals surface area (Å²) in [5.74, 6) is 0. The van der Waals surface area contributed by atoms with E-state index in [4.69, 9.17) is 5.73 Å². The van der Waals surface area contributed by atoms with E-state index in [0.717, 1.165) is 22.2 Å². The molecule has 1 heterocycles. The fourth-order valence-corrected chi connectivity index (χ4v) is 2.28. The van der Waals surface area contributed by atoms with Gasteiger partial charge in [-0.2, -0.15) is 0 Å². The zero-order valence-electron chi connectivity index (χ0n) is 10.7. The van der Waals surface area contributed by atoms with Crippen LogP contribution in [0.4, 0.5) is 11.4 Å². The normalized spacial score (nSPS) is 10.8. The van der Waals surface area contributed by atoms with Crippen molar-refractivity contribution >= 4 is 22.3 Å². The van der Waals surface area contributed by atoms with Crippen molar-refractivity contribution in [2.75, 3.05) is 5.73 Å². The highest BCUT2D eigenvalue weighted by Gasteiger charge is 2.06. The van der Waals surface area contributed by atoms with E-state index in [2.05, 4.69) is 4.57 Å². The predicted octanol–water partition coefficient (Wildman–Crippen LogP) is 3.18. The molecule has 0 saturated heterocycles. The first kappa shape index (κ1) is 12.2. The molecule has 5 nitrogen and oxygen atoms in total. The molecular weight excluding hydrogens is 254 g/mol. The Balaban J connectivity index is 1.91. The Labute approximate surface area is 115 Å². The number of nitrogen functional groups attached to an aromatic ring is 1. The van der Waals surface area contributed by atoms with Gasteiger partial charge < -0.3 is 10.3 Å². The van der Waals surface area contributed by atoms with Gasteiger partial charge in [0.25, 0.3) is 5.69 Å². The second-order valence-corrected chi connectivity index (χ2v) is 4.69. The monoisotopic (exact) mass is 267 g/mol. The Hall–Kier alpha value is -2.82. The van der Waals surface area contributed by atoms with Crippen molar-refractivity contribution in [1.29, 1.82) is 0 Å². The molecule has 0 spiro atoms. The van der Waals surface area contributed by atoms with E-state index in [-0.39, 0.29) is 5.69 Å². The first-order valence-corrected chi connectivity index (χ1v) is 6.21. The van der Waals surface area contributed by atoms with Gasteiger partial charge in [-0.3, -0.25) is 10.1 Å². The number of nitrogens with two attached hydrogens (primary N) is 1. The highest BCUT2D eigenvalue weighted by Crippen LogP contribution is 2.20. The number of nitro benzene ring substituents is 1. The Bertz CT molecular complexity index is 775. The van der Waals surface area contributed by atoms with Crippen molar-refractivity contribution in [3.05, 3.63) is 70.4 Å². The number of nitro groups is 1. The van der Waals surface area contributed by atoms with Gasteiger partial charge in [0.15, 0.2) is 0 Å².